The van der Waals surface area contributed by atoms with Crippen molar-refractivity contribution in [1.29, 1.82) is 0 Å². The Balaban J connectivity index is 1.65. The first kappa shape index (κ1) is 57.9. The summed E-state index contributed by atoms with van der Waals surface area (Å²) < 4.78 is 80.3. The second-order valence-electron chi connectivity index (χ2n) is 19.0. The van der Waals surface area contributed by atoms with Gasteiger partial charge in [0.25, 0.3) is 0 Å². The molecule has 0 spiro atoms. The molecule has 69 heavy (non-hydrogen) atoms. The molecule has 0 aromatic rings. The zero-order valence-electron chi connectivity index (χ0n) is 42.4. The second kappa shape index (κ2) is 27.8. The number of ketones is 2. The Labute approximate surface area is 406 Å². The minimum absolute atomic E-state index is 0.163. The predicted molar refractivity (Wildman–Crippen MR) is 241 cm³/mol. The fourth-order valence-corrected chi connectivity index (χ4v) is 8.92. The molecule has 0 aromatic heterocycles. The van der Waals surface area contributed by atoms with Crippen LogP contribution in [0.1, 0.15) is 166 Å². The number of unbranched alkanes of at least 4 members (excludes halogenated alkanes) is 9. The van der Waals surface area contributed by atoms with Crippen molar-refractivity contribution in [2.75, 3.05) is 6.61 Å². The van der Waals surface area contributed by atoms with Gasteiger partial charge < -0.3 is 71.2 Å². The van der Waals surface area contributed by atoms with Crippen LogP contribution in [-0.4, -0.2) is 146 Å². The molecule has 4 aliphatic heterocycles. The molecule has 0 aromatic carbocycles. The molecule has 0 N–H and O–H groups in total. The summed E-state index contributed by atoms with van der Waals surface area (Å²) in [7, 11) is 0. The maximum atomic E-state index is 13.6. The van der Waals surface area contributed by atoms with Crippen molar-refractivity contribution in [2.24, 2.45) is 0 Å². The third-order valence-electron chi connectivity index (χ3n) is 12.2. The van der Waals surface area contributed by atoms with E-state index in [-0.39, 0.29) is 37.2 Å². The Morgan fingerprint density at radius 1 is 0.435 bits per heavy atom. The number of carbonyl (C=O) groups is 7. The summed E-state index contributed by atoms with van der Waals surface area (Å²) in [4.78, 5) is 88.4. The topological polar surface area (TPSA) is 239 Å². The molecule has 394 valence electrons. The third kappa shape index (κ3) is 18.2. The minimum Gasteiger partial charge on any atom is -0.457 e. The smallest absolute Gasteiger partial charge is 0.306 e. The average molecular weight is 987 g/mol. The van der Waals surface area contributed by atoms with Crippen molar-refractivity contribution >= 4 is 41.4 Å². The van der Waals surface area contributed by atoms with Gasteiger partial charge in [-0.2, -0.15) is 0 Å². The zero-order valence-corrected chi connectivity index (χ0v) is 42.4. The molecule has 15 atom stereocenters. The van der Waals surface area contributed by atoms with E-state index in [1.807, 2.05) is 0 Å². The largest absolute Gasteiger partial charge is 0.457 e. The lowest BCUT2D eigenvalue weighted by atomic mass is 9.95. The highest BCUT2D eigenvalue weighted by molar-refractivity contribution is 5.81. The van der Waals surface area contributed by atoms with Crippen molar-refractivity contribution < 1.29 is 95.1 Å². The normalized spacial score (nSPS) is 32.8. The van der Waals surface area contributed by atoms with Crippen molar-refractivity contribution in [3.05, 3.63) is 0 Å². The molecule has 0 saturated carbocycles. The van der Waals surface area contributed by atoms with Gasteiger partial charge in [0, 0.05) is 40.2 Å². The van der Waals surface area contributed by atoms with Gasteiger partial charge in [-0.15, -0.1) is 0 Å². The molecule has 4 aliphatic rings. The molecule has 4 heterocycles. The molecule has 0 aliphatic carbocycles. The number of esters is 5. The van der Waals surface area contributed by atoms with E-state index in [2.05, 4.69) is 6.92 Å². The number of fused-ring (bicyclic) bond motifs is 1. The standard InChI is InChI=1S/C49H78O20/c1-12-13-14-15-16-17-18-19-20-21-26-57-46-45-42(68-49(10,11)69-45)39(31(6)58-46)66-48-44(65-36(56)25-23-28(3)51)41(38(30(5)60-48)62-33(8)53)67-47-43(63-34(9)54)40(64-35(55)24-22-27(2)50)37(29(4)59-47)61-32(7)52/h29-31,37-48H,12-26H2,1-11H3/t29-,30-,31-,37-,38-,39-,40+,41+,42+,43+,44+,45+,46+,47-,48-/m0/s1. The average Bonchev–Trinajstić information content (AvgIpc) is 3.59. The molecule has 0 radical (unpaired) electrons. The Morgan fingerprint density at radius 2 is 0.826 bits per heavy atom. The summed E-state index contributed by atoms with van der Waals surface area (Å²) >= 11 is 0. The van der Waals surface area contributed by atoms with E-state index in [1.54, 1.807) is 27.7 Å². The molecule has 4 rings (SSSR count). The van der Waals surface area contributed by atoms with Crippen LogP contribution in [0, 0.1) is 0 Å². The summed E-state index contributed by atoms with van der Waals surface area (Å²) in [6.45, 7) is 16.9. The maximum absolute atomic E-state index is 13.6. The lowest BCUT2D eigenvalue weighted by Crippen LogP contribution is -2.67. The number of rotatable bonds is 27. The van der Waals surface area contributed by atoms with Crippen LogP contribution in [-0.2, 0) is 95.1 Å². The first-order valence-corrected chi connectivity index (χ1v) is 24.7. The summed E-state index contributed by atoms with van der Waals surface area (Å²) in [5.41, 5.74) is 0. The van der Waals surface area contributed by atoms with Crippen LogP contribution >= 0.6 is 0 Å². The highest BCUT2D eigenvalue weighted by Gasteiger charge is 2.60. The third-order valence-corrected chi connectivity index (χ3v) is 12.2. The van der Waals surface area contributed by atoms with Gasteiger partial charge in [-0.05, 0) is 54.9 Å². The van der Waals surface area contributed by atoms with E-state index in [4.69, 9.17) is 61.6 Å². The lowest BCUT2D eigenvalue weighted by molar-refractivity contribution is -0.371. The van der Waals surface area contributed by atoms with Crippen LogP contribution in [0.25, 0.3) is 0 Å². The molecular formula is C49H78O20. The van der Waals surface area contributed by atoms with E-state index in [9.17, 15) is 33.6 Å². The molecule has 4 fully saturated rings. The number of carbonyl (C=O) groups excluding carboxylic acids is 7. The molecule has 4 saturated heterocycles. The second-order valence-corrected chi connectivity index (χ2v) is 19.0. The molecule has 20 heteroatoms. The SMILES string of the molecule is CCCCCCCCCCCCO[C@@H]1O[C@@H](C)[C@H](O[C@@H]2O[C@@H](C)[C@H](OC(C)=O)[C@@H](O[C@@H]3O[C@@H](C)[C@H](OC(C)=O)[C@@H](OC(=O)CCC(C)=O)[C@H]3OC(C)=O)[C@H]2OC(=O)CCC(C)=O)[C@H]2OC(C)(C)O[C@@H]12. The first-order valence-electron chi connectivity index (χ1n) is 24.7. The van der Waals surface area contributed by atoms with E-state index in [0.717, 1.165) is 40.0 Å². The van der Waals surface area contributed by atoms with Crippen LogP contribution < -0.4 is 0 Å². The van der Waals surface area contributed by atoms with Crippen LogP contribution in [0.5, 0.6) is 0 Å². The van der Waals surface area contributed by atoms with E-state index in [1.165, 1.54) is 65.7 Å². The zero-order chi connectivity index (χ0) is 51.0. The number of ether oxygens (including phenoxy) is 13. The minimum atomic E-state index is -1.70. The van der Waals surface area contributed by atoms with Gasteiger partial charge in [0.15, 0.2) is 55.2 Å². The first-order chi connectivity index (χ1) is 32.6. The van der Waals surface area contributed by atoms with Crippen molar-refractivity contribution in [3.63, 3.8) is 0 Å². The van der Waals surface area contributed by atoms with Crippen LogP contribution in [0.15, 0.2) is 0 Å². The summed E-state index contributed by atoms with van der Waals surface area (Å²) in [5.74, 6) is -5.84. The fraction of sp³-hybridized carbons (Fsp3) is 0.857. The molecule has 0 bridgehead atoms. The van der Waals surface area contributed by atoms with Crippen LogP contribution in [0.4, 0.5) is 0 Å². The van der Waals surface area contributed by atoms with Gasteiger partial charge in [0.1, 0.15) is 36.0 Å². The van der Waals surface area contributed by atoms with E-state index >= 15 is 0 Å². The number of hydrogen-bond donors (Lipinski definition) is 0. The quantitative estimate of drug-likeness (QED) is 0.0536. The van der Waals surface area contributed by atoms with Crippen LogP contribution in [0.3, 0.4) is 0 Å². The predicted octanol–water partition coefficient (Wildman–Crippen LogP) is 5.81. The molecule has 0 amide bonds. The van der Waals surface area contributed by atoms with Crippen molar-refractivity contribution in [1.82, 2.24) is 0 Å². The summed E-state index contributed by atoms with van der Waals surface area (Å²) in [6.07, 6.45) is -7.88. The lowest BCUT2D eigenvalue weighted by Gasteiger charge is -2.49. The van der Waals surface area contributed by atoms with Gasteiger partial charge in [-0.25, -0.2) is 0 Å². The number of Topliss-reactive ketones (excluding diaryl/α,β-unsaturated/α-hetero) is 2. The summed E-state index contributed by atoms with van der Waals surface area (Å²) in [6, 6.07) is 0. The monoisotopic (exact) mass is 987 g/mol. The molecular weight excluding hydrogens is 909 g/mol. The Bertz CT molecular complexity index is 1700. The van der Waals surface area contributed by atoms with Crippen molar-refractivity contribution in [2.45, 2.75) is 264 Å². The van der Waals surface area contributed by atoms with Crippen molar-refractivity contribution in [3.8, 4) is 0 Å². The van der Waals surface area contributed by atoms with E-state index in [0.29, 0.717) is 6.61 Å². The Kier molecular flexibility index (Phi) is 23.4. The summed E-state index contributed by atoms with van der Waals surface area (Å²) in [5, 5.41) is 0. The molecule has 20 nitrogen and oxygen atoms in total. The highest BCUT2D eigenvalue weighted by atomic mass is 16.8. The van der Waals surface area contributed by atoms with Crippen LogP contribution in [0.2, 0.25) is 0 Å². The van der Waals surface area contributed by atoms with Gasteiger partial charge in [-0.3, -0.25) is 24.0 Å². The molecule has 0 unspecified atom stereocenters. The van der Waals surface area contributed by atoms with Gasteiger partial charge in [0.2, 0.25) is 0 Å². The maximum Gasteiger partial charge on any atom is 0.306 e. The fourth-order valence-electron chi connectivity index (χ4n) is 8.92. The van der Waals surface area contributed by atoms with Gasteiger partial charge in [-0.1, -0.05) is 64.7 Å². The van der Waals surface area contributed by atoms with E-state index < -0.39 is 128 Å². The number of hydrogen-bond acceptors (Lipinski definition) is 20. The highest BCUT2D eigenvalue weighted by Crippen LogP contribution is 2.42. The Hall–Kier alpha value is -3.63. The Morgan fingerprint density at radius 3 is 1.32 bits per heavy atom. The van der Waals surface area contributed by atoms with Gasteiger partial charge in [0.05, 0.1) is 31.2 Å². The van der Waals surface area contributed by atoms with Gasteiger partial charge >= 0.3 is 29.8 Å².